The second kappa shape index (κ2) is 5.79. The molecule has 0 radical (unpaired) electrons. The van der Waals surface area contributed by atoms with Gasteiger partial charge in [-0.05, 0) is 34.1 Å². The number of methoxy groups -OCH3 is 2. The molecule has 0 aliphatic heterocycles. The first-order valence-corrected chi connectivity index (χ1v) is 6.30. The van der Waals surface area contributed by atoms with Gasteiger partial charge < -0.3 is 19.8 Å². The van der Waals surface area contributed by atoms with Crippen molar-refractivity contribution in [3.63, 3.8) is 0 Å². The molecule has 2 rings (SSSR count). The van der Waals surface area contributed by atoms with Gasteiger partial charge in [0.15, 0.2) is 0 Å². The van der Waals surface area contributed by atoms with E-state index in [1.54, 1.807) is 44.7 Å². The molecule has 2 N–H and O–H groups in total. The normalized spacial score (nSPS) is 10.1. The van der Waals surface area contributed by atoms with E-state index in [9.17, 15) is 4.79 Å². The second-order valence-electron chi connectivity index (χ2n) is 3.75. The van der Waals surface area contributed by atoms with Crippen LogP contribution in [0.25, 0.3) is 0 Å². The van der Waals surface area contributed by atoms with Crippen molar-refractivity contribution in [1.29, 1.82) is 0 Å². The van der Waals surface area contributed by atoms with Crippen molar-refractivity contribution in [2.75, 3.05) is 19.5 Å². The highest BCUT2D eigenvalue weighted by molar-refractivity contribution is 9.10. The summed E-state index contributed by atoms with van der Waals surface area (Å²) in [7, 11) is 3.11. The monoisotopic (exact) mass is 324 g/mol. The van der Waals surface area contributed by atoms with Crippen LogP contribution in [-0.2, 0) is 0 Å². The third-order valence-corrected chi connectivity index (χ3v) is 3.01. The minimum atomic E-state index is -0.253. The van der Waals surface area contributed by atoms with Gasteiger partial charge in [0.25, 0.3) is 5.91 Å². The number of hydrogen-bond acceptors (Lipinski definition) is 3. The molecular formula is C13H13BrN2O3. The van der Waals surface area contributed by atoms with Crippen LogP contribution in [0.2, 0.25) is 0 Å². The van der Waals surface area contributed by atoms with E-state index < -0.39 is 0 Å². The standard InChI is InChI=1S/C13H13BrN2O3/c1-18-9-3-4-12(19-2)10(6-9)16-13(17)11-5-8(14)7-15-11/h3-7,15H,1-2H3,(H,16,17). The highest BCUT2D eigenvalue weighted by atomic mass is 79.9. The zero-order valence-electron chi connectivity index (χ0n) is 10.5. The van der Waals surface area contributed by atoms with Gasteiger partial charge in [0.1, 0.15) is 17.2 Å². The molecule has 0 atom stereocenters. The number of halogens is 1. The van der Waals surface area contributed by atoms with E-state index >= 15 is 0 Å². The molecule has 1 aromatic heterocycles. The predicted octanol–water partition coefficient (Wildman–Crippen LogP) is 3.05. The number of aromatic amines is 1. The van der Waals surface area contributed by atoms with Crippen LogP contribution in [0.1, 0.15) is 10.5 Å². The summed E-state index contributed by atoms with van der Waals surface area (Å²) in [6.07, 6.45) is 1.69. The first-order valence-electron chi connectivity index (χ1n) is 5.51. The molecule has 0 aliphatic rings. The summed E-state index contributed by atoms with van der Waals surface area (Å²) in [5, 5.41) is 2.77. The fourth-order valence-corrected chi connectivity index (χ4v) is 1.94. The average molecular weight is 325 g/mol. The number of ether oxygens (including phenoxy) is 2. The summed E-state index contributed by atoms with van der Waals surface area (Å²) in [6.45, 7) is 0. The first kappa shape index (κ1) is 13.5. The van der Waals surface area contributed by atoms with Crippen molar-refractivity contribution in [1.82, 2.24) is 4.98 Å². The van der Waals surface area contributed by atoms with Crippen LogP contribution >= 0.6 is 15.9 Å². The minimum Gasteiger partial charge on any atom is -0.497 e. The number of benzene rings is 1. The molecule has 1 aromatic carbocycles. The molecule has 6 heteroatoms. The van der Waals surface area contributed by atoms with Crippen molar-refractivity contribution < 1.29 is 14.3 Å². The number of anilines is 1. The van der Waals surface area contributed by atoms with Gasteiger partial charge in [-0.15, -0.1) is 0 Å². The third-order valence-electron chi connectivity index (χ3n) is 2.55. The molecule has 0 aliphatic carbocycles. The van der Waals surface area contributed by atoms with Gasteiger partial charge in [-0.2, -0.15) is 0 Å². The fraction of sp³-hybridized carbons (Fsp3) is 0.154. The van der Waals surface area contributed by atoms with Crippen molar-refractivity contribution in [2.45, 2.75) is 0 Å². The van der Waals surface area contributed by atoms with Gasteiger partial charge in [0, 0.05) is 16.7 Å². The maximum absolute atomic E-state index is 12.0. The first-order chi connectivity index (χ1) is 9.13. The van der Waals surface area contributed by atoms with Gasteiger partial charge in [0.2, 0.25) is 0 Å². The lowest BCUT2D eigenvalue weighted by molar-refractivity contribution is 0.102. The molecular weight excluding hydrogens is 312 g/mol. The molecule has 100 valence electrons. The van der Waals surface area contributed by atoms with E-state index in [-0.39, 0.29) is 5.91 Å². The molecule has 1 amide bonds. The number of rotatable bonds is 4. The quantitative estimate of drug-likeness (QED) is 0.908. The van der Waals surface area contributed by atoms with Crippen molar-refractivity contribution in [2.24, 2.45) is 0 Å². The Morgan fingerprint density at radius 1 is 1.26 bits per heavy atom. The SMILES string of the molecule is COc1ccc(OC)c(NC(=O)c2cc(Br)c[nH]2)c1. The van der Waals surface area contributed by atoms with Crippen LogP contribution < -0.4 is 14.8 Å². The predicted molar refractivity (Wildman–Crippen MR) is 76.0 cm³/mol. The van der Waals surface area contributed by atoms with E-state index in [4.69, 9.17) is 9.47 Å². The zero-order chi connectivity index (χ0) is 13.8. The molecule has 0 bridgehead atoms. The maximum atomic E-state index is 12.0. The number of amides is 1. The zero-order valence-corrected chi connectivity index (χ0v) is 12.1. The topological polar surface area (TPSA) is 63.4 Å². The molecule has 0 unspecified atom stereocenters. The lowest BCUT2D eigenvalue weighted by Crippen LogP contribution is -2.13. The van der Waals surface area contributed by atoms with Gasteiger partial charge in [-0.1, -0.05) is 0 Å². The summed E-state index contributed by atoms with van der Waals surface area (Å²) in [6, 6.07) is 6.90. The molecule has 2 aromatic rings. The number of hydrogen-bond donors (Lipinski definition) is 2. The van der Waals surface area contributed by atoms with Crippen LogP contribution in [0.3, 0.4) is 0 Å². The van der Waals surface area contributed by atoms with E-state index in [0.29, 0.717) is 22.9 Å². The Morgan fingerprint density at radius 2 is 2.05 bits per heavy atom. The Kier molecular flexibility index (Phi) is 4.11. The second-order valence-corrected chi connectivity index (χ2v) is 4.67. The number of carbonyl (C=O) groups is 1. The summed E-state index contributed by atoms with van der Waals surface area (Å²) in [4.78, 5) is 14.9. The van der Waals surface area contributed by atoms with Crippen LogP contribution in [0.4, 0.5) is 5.69 Å². The Morgan fingerprint density at radius 3 is 2.63 bits per heavy atom. The number of carbonyl (C=O) groups excluding carboxylic acids is 1. The van der Waals surface area contributed by atoms with Crippen LogP contribution in [0.5, 0.6) is 11.5 Å². The molecule has 19 heavy (non-hydrogen) atoms. The minimum absolute atomic E-state index is 0.253. The van der Waals surface area contributed by atoms with Gasteiger partial charge >= 0.3 is 0 Å². The average Bonchev–Trinajstić information content (AvgIpc) is 2.85. The van der Waals surface area contributed by atoms with E-state index in [2.05, 4.69) is 26.2 Å². The fourth-order valence-electron chi connectivity index (χ4n) is 1.60. The van der Waals surface area contributed by atoms with Crippen molar-refractivity contribution in [3.8, 4) is 11.5 Å². The Labute approximate surface area is 119 Å². The smallest absolute Gasteiger partial charge is 0.272 e. The van der Waals surface area contributed by atoms with E-state index in [1.807, 2.05) is 0 Å². The van der Waals surface area contributed by atoms with Crippen LogP contribution in [0, 0.1) is 0 Å². The van der Waals surface area contributed by atoms with E-state index in [1.165, 1.54) is 0 Å². The Bertz CT molecular complexity index is 595. The summed E-state index contributed by atoms with van der Waals surface area (Å²) in [5.74, 6) is 0.959. The van der Waals surface area contributed by atoms with Gasteiger partial charge in [-0.3, -0.25) is 4.79 Å². The van der Waals surface area contributed by atoms with Gasteiger partial charge in [-0.25, -0.2) is 0 Å². The highest BCUT2D eigenvalue weighted by Gasteiger charge is 2.12. The Balaban J connectivity index is 2.24. The van der Waals surface area contributed by atoms with Crippen LogP contribution in [-0.4, -0.2) is 25.1 Å². The molecule has 5 nitrogen and oxygen atoms in total. The largest absolute Gasteiger partial charge is 0.497 e. The van der Waals surface area contributed by atoms with Gasteiger partial charge in [0.05, 0.1) is 19.9 Å². The highest BCUT2D eigenvalue weighted by Crippen LogP contribution is 2.29. The number of aromatic nitrogens is 1. The van der Waals surface area contributed by atoms with Crippen LogP contribution in [0.15, 0.2) is 34.9 Å². The van der Waals surface area contributed by atoms with Crippen molar-refractivity contribution >= 4 is 27.5 Å². The molecule has 0 spiro atoms. The summed E-state index contributed by atoms with van der Waals surface area (Å²) in [5.41, 5.74) is 1.01. The maximum Gasteiger partial charge on any atom is 0.272 e. The van der Waals surface area contributed by atoms with E-state index in [0.717, 1.165) is 4.47 Å². The molecule has 0 fully saturated rings. The van der Waals surface area contributed by atoms with Crippen molar-refractivity contribution in [3.05, 3.63) is 40.6 Å². The summed E-state index contributed by atoms with van der Waals surface area (Å²) < 4.78 is 11.1. The third kappa shape index (κ3) is 3.08. The number of nitrogens with one attached hydrogen (secondary N) is 2. The molecule has 1 heterocycles. The Hall–Kier alpha value is -1.95. The number of H-pyrrole nitrogens is 1. The molecule has 0 saturated heterocycles. The lowest BCUT2D eigenvalue weighted by Gasteiger charge is -2.11. The molecule has 0 saturated carbocycles. The lowest BCUT2D eigenvalue weighted by atomic mass is 10.2. The summed E-state index contributed by atoms with van der Waals surface area (Å²) >= 11 is 3.28.